The van der Waals surface area contributed by atoms with Crippen molar-refractivity contribution in [3.05, 3.63) is 187 Å². The summed E-state index contributed by atoms with van der Waals surface area (Å²) in [5.41, 5.74) is 13.1. The molecule has 1 heterocycles. The predicted molar refractivity (Wildman–Crippen MR) is 191 cm³/mol. The Morgan fingerprint density at radius 1 is 0.489 bits per heavy atom. The van der Waals surface area contributed by atoms with Crippen molar-refractivity contribution in [1.29, 1.82) is 0 Å². The van der Waals surface area contributed by atoms with Crippen LogP contribution in [-0.2, 0) is 5.41 Å². The van der Waals surface area contributed by atoms with E-state index in [4.69, 9.17) is 4.98 Å². The van der Waals surface area contributed by atoms with Gasteiger partial charge < -0.3 is 0 Å². The summed E-state index contributed by atoms with van der Waals surface area (Å²) in [5, 5.41) is 0. The van der Waals surface area contributed by atoms with Crippen LogP contribution in [0.5, 0.6) is 0 Å². The maximum absolute atomic E-state index is 5.20. The quantitative estimate of drug-likeness (QED) is 0.191. The lowest BCUT2D eigenvalue weighted by molar-refractivity contribution is 0.519. The molecule has 1 aliphatic carbocycles. The summed E-state index contributed by atoms with van der Waals surface area (Å²) >= 11 is 0. The zero-order chi connectivity index (χ0) is 30.5. The first-order valence-corrected chi connectivity index (χ1v) is 15.9. The zero-order valence-electron chi connectivity index (χ0n) is 25.7. The van der Waals surface area contributed by atoms with E-state index in [-0.39, 0.29) is 5.41 Å². The van der Waals surface area contributed by atoms with Gasteiger partial charge in [0.25, 0.3) is 0 Å². The van der Waals surface area contributed by atoms with Gasteiger partial charge >= 0.3 is 0 Å². The van der Waals surface area contributed by atoms with Gasteiger partial charge in [0.1, 0.15) is 0 Å². The van der Waals surface area contributed by atoms with Gasteiger partial charge in [0, 0.05) is 16.5 Å². The third-order valence-electron chi connectivity index (χ3n) is 9.02. The van der Waals surface area contributed by atoms with Crippen LogP contribution in [0.4, 0.5) is 0 Å². The minimum Gasteiger partial charge on any atom is -0.248 e. The molecule has 6 aromatic rings. The summed E-state index contributed by atoms with van der Waals surface area (Å²) in [5.74, 6) is 0. The molecule has 0 N–H and O–H groups in total. The molecule has 0 spiro atoms. The van der Waals surface area contributed by atoms with Crippen molar-refractivity contribution in [3.63, 3.8) is 0 Å². The molecule has 1 atom stereocenters. The maximum atomic E-state index is 5.20. The molecule has 0 amide bonds. The first-order valence-electron chi connectivity index (χ1n) is 15.9. The molecular weight excluding hydrogens is 542 g/mol. The van der Waals surface area contributed by atoms with Crippen LogP contribution in [0.1, 0.15) is 42.9 Å². The van der Waals surface area contributed by atoms with Gasteiger partial charge in [-0.2, -0.15) is 0 Å². The summed E-state index contributed by atoms with van der Waals surface area (Å²) in [6.07, 6.45) is 8.14. The highest BCUT2D eigenvalue weighted by molar-refractivity contribution is 5.86. The summed E-state index contributed by atoms with van der Waals surface area (Å²) in [4.78, 5) is 5.20. The third-order valence-corrected chi connectivity index (χ3v) is 9.02. The van der Waals surface area contributed by atoms with Crippen molar-refractivity contribution in [3.8, 4) is 33.6 Å². The molecule has 218 valence electrons. The number of nitrogens with zero attached hydrogens (tertiary/aromatic N) is 1. The molecule has 1 aliphatic rings. The van der Waals surface area contributed by atoms with Crippen molar-refractivity contribution >= 4 is 11.1 Å². The molecule has 1 nitrogen and oxygen atoms in total. The maximum Gasteiger partial charge on any atom is 0.0715 e. The fourth-order valence-electron chi connectivity index (χ4n) is 6.55. The average molecular weight is 580 g/mol. The molecule has 5 aromatic carbocycles. The molecule has 0 saturated heterocycles. The number of allylic oxidation sites excluding steroid dienone is 4. The summed E-state index contributed by atoms with van der Waals surface area (Å²) in [7, 11) is 0. The number of hydrogen-bond acceptors (Lipinski definition) is 1. The van der Waals surface area contributed by atoms with Crippen molar-refractivity contribution < 1.29 is 0 Å². The molecule has 1 unspecified atom stereocenters. The van der Waals surface area contributed by atoms with E-state index in [9.17, 15) is 0 Å². The first kappa shape index (κ1) is 28.5. The molecule has 0 radical (unpaired) electrons. The fourth-order valence-corrected chi connectivity index (χ4v) is 6.55. The van der Waals surface area contributed by atoms with E-state index in [1.165, 1.54) is 39.0 Å². The first-order chi connectivity index (χ1) is 22.1. The Morgan fingerprint density at radius 2 is 1.02 bits per heavy atom. The SMILES string of the molecule is CC1(c2ccccc2)/C=C(c2ccccc2)\C=C(\c2cccc(-c3cc(-c4ccccc4)cc(-c4ccccc4)n3)c2)CCC1. The molecule has 0 aliphatic heterocycles. The monoisotopic (exact) mass is 579 g/mol. The third kappa shape index (κ3) is 6.35. The lowest BCUT2D eigenvalue weighted by atomic mass is 9.74. The smallest absolute Gasteiger partial charge is 0.0715 e. The Bertz CT molecular complexity index is 1900. The molecule has 1 heteroatoms. The fraction of sp³-hybridized carbons (Fsp3) is 0.114. The molecular formula is C44H37N. The molecule has 1 aromatic heterocycles. The summed E-state index contributed by atoms with van der Waals surface area (Å²) < 4.78 is 0. The average Bonchev–Trinajstić information content (AvgIpc) is 3.11. The van der Waals surface area contributed by atoms with Crippen LogP contribution in [0.15, 0.2) is 170 Å². The van der Waals surface area contributed by atoms with E-state index in [2.05, 4.69) is 177 Å². The second kappa shape index (κ2) is 12.8. The van der Waals surface area contributed by atoms with Gasteiger partial charge in [-0.3, -0.25) is 0 Å². The second-order valence-electron chi connectivity index (χ2n) is 12.2. The van der Waals surface area contributed by atoms with Gasteiger partial charge in [-0.05, 0) is 76.4 Å². The number of benzene rings is 5. The van der Waals surface area contributed by atoms with Crippen LogP contribution < -0.4 is 0 Å². The molecule has 7 rings (SSSR count). The van der Waals surface area contributed by atoms with Crippen LogP contribution in [0.25, 0.3) is 44.8 Å². The van der Waals surface area contributed by atoms with E-state index in [0.29, 0.717) is 0 Å². The second-order valence-corrected chi connectivity index (χ2v) is 12.2. The lowest BCUT2D eigenvalue weighted by Crippen LogP contribution is -2.20. The zero-order valence-corrected chi connectivity index (χ0v) is 25.7. The standard InChI is InChI=1S/C44H37N/c1-44(41-25-12-5-13-26-41)27-15-24-37(29-40(32-44)34-18-8-3-9-19-34)36-22-14-23-38(28-36)43-31-39(33-16-6-2-7-17-33)30-42(45-43)35-20-10-4-11-21-35/h2-14,16-23,25-26,28-32H,15,24,27H2,1H3/b37-29+,40-32+. The van der Waals surface area contributed by atoms with Gasteiger partial charge in [0.15, 0.2) is 0 Å². The van der Waals surface area contributed by atoms with Crippen molar-refractivity contribution in [2.45, 2.75) is 31.6 Å². The normalized spacial score (nSPS) is 19.0. The molecule has 45 heavy (non-hydrogen) atoms. The van der Waals surface area contributed by atoms with Crippen molar-refractivity contribution in [2.75, 3.05) is 0 Å². The van der Waals surface area contributed by atoms with Crippen LogP contribution in [0.2, 0.25) is 0 Å². The summed E-state index contributed by atoms with van der Waals surface area (Å²) in [6.45, 7) is 2.39. The molecule has 0 bridgehead atoms. The van der Waals surface area contributed by atoms with E-state index in [1.807, 2.05) is 0 Å². The summed E-state index contributed by atoms with van der Waals surface area (Å²) in [6, 6.07) is 56.3. The number of rotatable bonds is 6. The Kier molecular flexibility index (Phi) is 8.08. The van der Waals surface area contributed by atoms with Crippen molar-refractivity contribution in [1.82, 2.24) is 4.98 Å². The Hall–Kier alpha value is -5.27. The largest absolute Gasteiger partial charge is 0.248 e. The van der Waals surface area contributed by atoms with Crippen molar-refractivity contribution in [2.24, 2.45) is 0 Å². The van der Waals surface area contributed by atoms with E-state index in [1.54, 1.807) is 0 Å². The predicted octanol–water partition coefficient (Wildman–Crippen LogP) is 11.7. The topological polar surface area (TPSA) is 12.9 Å². The van der Waals surface area contributed by atoms with Gasteiger partial charge in [0.05, 0.1) is 11.4 Å². The van der Waals surface area contributed by atoms with Crippen LogP contribution >= 0.6 is 0 Å². The van der Waals surface area contributed by atoms with Crippen LogP contribution in [0.3, 0.4) is 0 Å². The van der Waals surface area contributed by atoms with Gasteiger partial charge in [-0.15, -0.1) is 0 Å². The lowest BCUT2D eigenvalue weighted by Gasteiger charge is -2.30. The highest BCUT2D eigenvalue weighted by Crippen LogP contribution is 2.40. The van der Waals surface area contributed by atoms with Crippen LogP contribution in [-0.4, -0.2) is 4.98 Å². The number of aromatic nitrogens is 1. The Balaban J connectivity index is 1.33. The van der Waals surface area contributed by atoms with E-state index < -0.39 is 0 Å². The number of pyridine rings is 1. The van der Waals surface area contributed by atoms with E-state index >= 15 is 0 Å². The van der Waals surface area contributed by atoms with Gasteiger partial charge in [-0.1, -0.05) is 159 Å². The molecule has 0 saturated carbocycles. The minimum absolute atomic E-state index is 0.0358. The minimum atomic E-state index is -0.0358. The van der Waals surface area contributed by atoms with Gasteiger partial charge in [0.2, 0.25) is 0 Å². The van der Waals surface area contributed by atoms with Crippen LogP contribution in [0, 0.1) is 0 Å². The Labute approximate surface area is 267 Å². The number of hydrogen-bond donors (Lipinski definition) is 0. The highest BCUT2D eigenvalue weighted by Gasteiger charge is 2.26. The highest BCUT2D eigenvalue weighted by atomic mass is 14.7. The van der Waals surface area contributed by atoms with Gasteiger partial charge in [-0.25, -0.2) is 4.98 Å². The Morgan fingerprint density at radius 3 is 1.69 bits per heavy atom. The van der Waals surface area contributed by atoms with E-state index in [0.717, 1.165) is 41.8 Å². The molecule has 0 fully saturated rings.